The molecule has 0 fully saturated rings. The predicted molar refractivity (Wildman–Crippen MR) is 61.1 cm³/mol. The van der Waals surface area contributed by atoms with Crippen molar-refractivity contribution in [1.29, 1.82) is 0 Å². The van der Waals surface area contributed by atoms with E-state index in [0.717, 1.165) is 24.7 Å². The van der Waals surface area contributed by atoms with Gasteiger partial charge in [0.25, 0.3) is 0 Å². The summed E-state index contributed by atoms with van der Waals surface area (Å²) < 4.78 is 39.7. The van der Waals surface area contributed by atoms with Gasteiger partial charge in [0.1, 0.15) is 18.0 Å². The van der Waals surface area contributed by atoms with Crippen molar-refractivity contribution in [1.82, 2.24) is 9.97 Å². The lowest BCUT2D eigenvalue weighted by molar-refractivity contribution is 0.0958. The number of aromatic nitrogens is 2. The fourth-order valence-corrected chi connectivity index (χ4v) is 1.69. The molecule has 0 saturated heterocycles. The third-order valence-electron chi connectivity index (χ3n) is 2.70. The van der Waals surface area contributed by atoms with Crippen LogP contribution in [0.25, 0.3) is 0 Å². The molecule has 2 aromatic rings. The Morgan fingerprint density at radius 1 is 1.21 bits per heavy atom. The molecule has 1 atom stereocenters. The van der Waals surface area contributed by atoms with Crippen LogP contribution in [0.5, 0.6) is 0 Å². The van der Waals surface area contributed by atoms with Crippen molar-refractivity contribution in [2.45, 2.75) is 12.8 Å². The molecule has 3 nitrogen and oxygen atoms in total. The third kappa shape index (κ3) is 2.62. The Morgan fingerprint density at radius 3 is 2.58 bits per heavy atom. The van der Waals surface area contributed by atoms with Crippen LogP contribution in [0.4, 0.5) is 13.2 Å². The van der Waals surface area contributed by atoms with Crippen molar-refractivity contribution >= 4 is 5.78 Å². The molecule has 2 rings (SSSR count). The van der Waals surface area contributed by atoms with E-state index in [9.17, 15) is 18.0 Å². The molecule has 19 heavy (non-hydrogen) atoms. The predicted octanol–water partition coefficient (Wildman–Crippen LogP) is 2.88. The highest BCUT2D eigenvalue weighted by atomic mass is 19.1. The van der Waals surface area contributed by atoms with Crippen LogP contribution in [0.1, 0.15) is 28.9 Å². The molecular formula is C13H9F3N2O. The molecule has 0 aliphatic carbocycles. The van der Waals surface area contributed by atoms with Gasteiger partial charge in [0.2, 0.25) is 0 Å². The number of hydrogen-bond acceptors (Lipinski definition) is 3. The smallest absolute Gasteiger partial charge is 0.174 e. The van der Waals surface area contributed by atoms with E-state index >= 15 is 0 Å². The van der Waals surface area contributed by atoms with E-state index in [1.54, 1.807) is 0 Å². The van der Waals surface area contributed by atoms with Crippen LogP contribution < -0.4 is 0 Å². The fraction of sp³-hybridized carbons (Fsp3) is 0.154. The van der Waals surface area contributed by atoms with E-state index < -0.39 is 29.2 Å². The van der Waals surface area contributed by atoms with E-state index in [4.69, 9.17) is 0 Å². The Morgan fingerprint density at radius 2 is 1.95 bits per heavy atom. The Labute approximate surface area is 107 Å². The summed E-state index contributed by atoms with van der Waals surface area (Å²) in [6.07, 6.45) is 2.02. The molecule has 0 spiro atoms. The molecule has 6 heteroatoms. The highest BCUT2D eigenvalue weighted by Gasteiger charge is 2.24. The summed E-state index contributed by atoms with van der Waals surface area (Å²) in [5.74, 6) is -4.16. The number of carbonyl (C=O) groups excluding carboxylic acids is 1. The zero-order chi connectivity index (χ0) is 14.0. The summed E-state index contributed by atoms with van der Waals surface area (Å²) in [5, 5.41) is 0. The topological polar surface area (TPSA) is 42.9 Å². The molecule has 0 unspecified atom stereocenters. The number of halogens is 3. The normalized spacial score (nSPS) is 12.2. The van der Waals surface area contributed by atoms with Gasteiger partial charge in [0.15, 0.2) is 11.6 Å². The summed E-state index contributed by atoms with van der Waals surface area (Å²) in [4.78, 5) is 19.2. The Kier molecular flexibility index (Phi) is 3.59. The summed E-state index contributed by atoms with van der Waals surface area (Å²) in [7, 11) is 0. The summed E-state index contributed by atoms with van der Waals surface area (Å²) in [6, 6.07) is 2.61. The molecule has 1 heterocycles. The number of benzene rings is 1. The third-order valence-corrected chi connectivity index (χ3v) is 2.70. The van der Waals surface area contributed by atoms with Gasteiger partial charge in [-0.1, -0.05) is 0 Å². The molecule has 1 aromatic carbocycles. The maximum absolute atomic E-state index is 13.5. The van der Waals surface area contributed by atoms with E-state index in [-0.39, 0.29) is 11.3 Å². The highest BCUT2D eigenvalue weighted by molar-refractivity contribution is 6.00. The first kappa shape index (κ1) is 13.2. The SMILES string of the molecule is C[C@H](C(=O)c1ccc(F)cc1F)c1ncncc1F. The van der Waals surface area contributed by atoms with Gasteiger partial charge < -0.3 is 0 Å². The van der Waals surface area contributed by atoms with Gasteiger partial charge in [-0.2, -0.15) is 0 Å². The number of carbonyl (C=O) groups is 1. The molecule has 0 bridgehead atoms. The van der Waals surface area contributed by atoms with E-state index in [2.05, 4.69) is 9.97 Å². The van der Waals surface area contributed by atoms with E-state index in [1.807, 2.05) is 0 Å². The van der Waals surface area contributed by atoms with E-state index in [1.165, 1.54) is 6.92 Å². The minimum Gasteiger partial charge on any atom is -0.293 e. The second-order valence-corrected chi connectivity index (χ2v) is 3.97. The fourth-order valence-electron chi connectivity index (χ4n) is 1.69. The molecule has 0 N–H and O–H groups in total. The van der Waals surface area contributed by atoms with Crippen LogP contribution in [-0.2, 0) is 0 Å². The van der Waals surface area contributed by atoms with Crippen LogP contribution in [0.15, 0.2) is 30.7 Å². The largest absolute Gasteiger partial charge is 0.293 e. The van der Waals surface area contributed by atoms with Gasteiger partial charge in [0, 0.05) is 6.07 Å². The lowest BCUT2D eigenvalue weighted by atomic mass is 9.95. The minimum absolute atomic E-state index is 0.122. The number of ketones is 1. The molecule has 0 aliphatic heterocycles. The van der Waals surface area contributed by atoms with Gasteiger partial charge in [-0.25, -0.2) is 23.1 Å². The summed E-state index contributed by atoms with van der Waals surface area (Å²) in [5.41, 5.74) is -0.421. The maximum Gasteiger partial charge on any atom is 0.174 e. The number of hydrogen-bond donors (Lipinski definition) is 0. The molecule has 0 amide bonds. The minimum atomic E-state index is -0.983. The second-order valence-electron chi connectivity index (χ2n) is 3.97. The first-order valence-corrected chi connectivity index (χ1v) is 5.45. The molecule has 1 aromatic heterocycles. The second kappa shape index (κ2) is 5.17. The van der Waals surface area contributed by atoms with Crippen LogP contribution in [-0.4, -0.2) is 15.8 Å². The average molecular weight is 266 g/mol. The van der Waals surface area contributed by atoms with Gasteiger partial charge in [0.05, 0.1) is 23.4 Å². The van der Waals surface area contributed by atoms with Crippen molar-refractivity contribution in [3.05, 3.63) is 59.4 Å². The lowest BCUT2D eigenvalue weighted by Gasteiger charge is -2.11. The van der Waals surface area contributed by atoms with Gasteiger partial charge in [-0.15, -0.1) is 0 Å². The number of rotatable bonds is 3. The van der Waals surface area contributed by atoms with Gasteiger partial charge in [-0.3, -0.25) is 4.79 Å². The standard InChI is InChI=1S/C13H9F3N2O/c1-7(12-11(16)5-17-6-18-12)13(19)9-3-2-8(14)4-10(9)15/h2-7H,1H3/t7-/m0/s1. The monoisotopic (exact) mass is 266 g/mol. The first-order valence-electron chi connectivity index (χ1n) is 5.45. The number of Topliss-reactive ketones (excluding diaryl/α,β-unsaturated/α-hetero) is 1. The molecule has 0 radical (unpaired) electrons. The Hall–Kier alpha value is -2.24. The lowest BCUT2D eigenvalue weighted by Crippen LogP contribution is -2.14. The zero-order valence-corrected chi connectivity index (χ0v) is 9.90. The maximum atomic E-state index is 13.5. The van der Waals surface area contributed by atoms with Crippen LogP contribution in [0.2, 0.25) is 0 Å². The average Bonchev–Trinajstić information content (AvgIpc) is 2.38. The number of nitrogens with zero attached hydrogens (tertiary/aromatic N) is 2. The highest BCUT2D eigenvalue weighted by Crippen LogP contribution is 2.22. The van der Waals surface area contributed by atoms with Crippen LogP contribution >= 0.6 is 0 Å². The quantitative estimate of drug-likeness (QED) is 0.802. The summed E-state index contributed by atoms with van der Waals surface area (Å²) >= 11 is 0. The molecular weight excluding hydrogens is 257 g/mol. The van der Waals surface area contributed by atoms with Crippen molar-refractivity contribution in [2.75, 3.05) is 0 Å². The van der Waals surface area contributed by atoms with Crippen LogP contribution in [0.3, 0.4) is 0 Å². The Bertz CT molecular complexity index is 631. The first-order chi connectivity index (χ1) is 9.00. The van der Waals surface area contributed by atoms with Crippen molar-refractivity contribution in [3.63, 3.8) is 0 Å². The van der Waals surface area contributed by atoms with Crippen molar-refractivity contribution < 1.29 is 18.0 Å². The molecule has 0 saturated carbocycles. The Balaban J connectivity index is 2.37. The summed E-state index contributed by atoms with van der Waals surface area (Å²) in [6.45, 7) is 1.40. The molecule has 0 aliphatic rings. The van der Waals surface area contributed by atoms with Crippen molar-refractivity contribution in [3.8, 4) is 0 Å². The van der Waals surface area contributed by atoms with Gasteiger partial charge in [-0.05, 0) is 19.1 Å². The van der Waals surface area contributed by atoms with Crippen LogP contribution in [0, 0.1) is 17.5 Å². The van der Waals surface area contributed by atoms with Crippen molar-refractivity contribution in [2.24, 2.45) is 0 Å². The molecule has 98 valence electrons. The zero-order valence-electron chi connectivity index (χ0n) is 9.90. The van der Waals surface area contributed by atoms with Gasteiger partial charge >= 0.3 is 0 Å². The van der Waals surface area contributed by atoms with E-state index in [0.29, 0.717) is 6.07 Å².